The van der Waals surface area contributed by atoms with Gasteiger partial charge in [-0.05, 0) is 52.1 Å². The average molecular weight is 515 g/mol. The summed E-state index contributed by atoms with van der Waals surface area (Å²) in [6.45, 7) is 0. The minimum absolute atomic E-state index is 0.848. The Labute approximate surface area is 211 Å². The molecule has 0 unspecified atom stereocenters. The maximum absolute atomic E-state index is 13.5. The molecular weight excluding hydrogens is 483 g/mol. The van der Waals surface area contributed by atoms with Gasteiger partial charge < -0.3 is 8.43 Å². The van der Waals surface area contributed by atoms with Crippen molar-refractivity contribution < 1.29 is 13.0 Å². The van der Waals surface area contributed by atoms with Crippen LogP contribution in [0.5, 0.6) is 0 Å². The molecule has 1 aliphatic rings. The summed E-state index contributed by atoms with van der Waals surface area (Å²) < 4.78 is 26.5. The number of hydrogen-bond acceptors (Lipinski definition) is 3. The molecule has 0 atom stereocenters. The molecule has 0 radical (unpaired) electrons. The van der Waals surface area contributed by atoms with Crippen molar-refractivity contribution in [2.75, 3.05) is 0 Å². The Morgan fingerprint density at radius 2 is 0.743 bits per heavy atom. The molecule has 5 rings (SSSR count). The molecule has 178 valence electrons. The molecule has 0 N–H and O–H groups in total. The van der Waals surface area contributed by atoms with Crippen LogP contribution in [0.3, 0.4) is 0 Å². The molecule has 1 fully saturated rings. The fourth-order valence-electron chi connectivity index (χ4n) is 5.42. The molecule has 0 saturated carbocycles. The molecule has 1 saturated heterocycles. The van der Waals surface area contributed by atoms with Gasteiger partial charge in [-0.3, -0.25) is 4.57 Å². The predicted octanol–water partition coefficient (Wildman–Crippen LogP) is 6.98. The Kier molecular flexibility index (Phi) is 7.61. The van der Waals surface area contributed by atoms with E-state index in [4.69, 9.17) is 8.43 Å². The highest BCUT2D eigenvalue weighted by molar-refractivity contribution is 7.40. The van der Waals surface area contributed by atoms with Gasteiger partial charge in [0, 0.05) is 0 Å². The Balaban J connectivity index is 1.57. The molecule has 0 aliphatic carbocycles. The first-order chi connectivity index (χ1) is 17.1. The zero-order valence-corrected chi connectivity index (χ0v) is 22.8. The van der Waals surface area contributed by atoms with Crippen LogP contribution >= 0.6 is 8.25 Å². The summed E-state index contributed by atoms with van der Waals surface area (Å²) in [5, 5.41) is 0. The summed E-state index contributed by atoms with van der Waals surface area (Å²) in [5.74, 6) is 0. The Bertz CT molecular complexity index is 1060. The highest BCUT2D eigenvalue weighted by Gasteiger charge is 2.53. The molecule has 3 nitrogen and oxygen atoms in total. The van der Waals surface area contributed by atoms with Crippen LogP contribution in [-0.2, 0) is 37.2 Å². The van der Waals surface area contributed by atoms with Gasteiger partial charge in [-0.25, -0.2) is 0 Å². The van der Waals surface area contributed by atoms with Crippen molar-refractivity contribution in [2.45, 2.75) is 29.8 Å². The van der Waals surface area contributed by atoms with Crippen molar-refractivity contribution in [3.05, 3.63) is 144 Å². The minimum atomic E-state index is -2.61. The summed E-state index contributed by atoms with van der Waals surface area (Å²) in [4.78, 5) is 0. The number of hydrogen-bond donors (Lipinski definition) is 0. The van der Waals surface area contributed by atoms with E-state index in [9.17, 15) is 4.57 Å². The van der Waals surface area contributed by atoms with Gasteiger partial charge in [0.2, 0.25) is 16.6 Å². The van der Waals surface area contributed by atoms with Crippen LogP contribution in [0.15, 0.2) is 121 Å². The summed E-state index contributed by atoms with van der Waals surface area (Å²) in [5.41, 5.74) is 5.95. The fourth-order valence-corrected chi connectivity index (χ4v) is 22.7. The Hall–Kier alpha value is -2.54. The standard InChI is InChI=1S/C29H31O3PSi2/c30-33-31-34(21-26-13-5-1-6-14-26,22-27-15-7-2-8-16-27)25-35(32-33,23-28-17-9-3-10-18-28)24-29-19-11-4-12-20-29/h1-20,33H,21-25H2. The lowest BCUT2D eigenvalue weighted by molar-refractivity contribution is 0.382. The first kappa shape index (κ1) is 24.2. The molecule has 1 aliphatic heterocycles. The molecule has 0 bridgehead atoms. The quantitative estimate of drug-likeness (QED) is 0.188. The van der Waals surface area contributed by atoms with Gasteiger partial charge in [-0.2, -0.15) is 0 Å². The molecule has 0 aromatic heterocycles. The fraction of sp³-hybridized carbons (Fsp3) is 0.172. The Morgan fingerprint density at radius 3 is 1.00 bits per heavy atom. The lowest BCUT2D eigenvalue weighted by Gasteiger charge is -2.45. The molecular formula is C29H31O3PSi2. The van der Waals surface area contributed by atoms with Gasteiger partial charge in [0.15, 0.2) is 0 Å². The summed E-state index contributed by atoms with van der Waals surface area (Å²) in [6.07, 6.45) is 0. The normalized spacial score (nSPS) is 17.1. The second-order valence-electron chi connectivity index (χ2n) is 9.65. The largest absolute Gasteiger partial charge is 0.352 e. The molecule has 0 spiro atoms. The second-order valence-corrected chi connectivity index (χ2v) is 19.3. The first-order valence-corrected chi connectivity index (χ1v) is 18.5. The molecule has 35 heavy (non-hydrogen) atoms. The minimum Gasteiger partial charge on any atom is -0.352 e. The lowest BCUT2D eigenvalue weighted by Crippen LogP contribution is -2.58. The van der Waals surface area contributed by atoms with E-state index in [2.05, 4.69) is 97.1 Å². The van der Waals surface area contributed by atoms with Crippen LogP contribution in [0, 0.1) is 0 Å². The smallest absolute Gasteiger partial charge is 0.299 e. The molecule has 0 amide bonds. The van der Waals surface area contributed by atoms with Gasteiger partial charge >= 0.3 is 0 Å². The molecule has 6 heteroatoms. The monoisotopic (exact) mass is 514 g/mol. The van der Waals surface area contributed by atoms with Gasteiger partial charge in [-0.1, -0.05) is 121 Å². The van der Waals surface area contributed by atoms with Gasteiger partial charge in [0.1, 0.15) is 0 Å². The van der Waals surface area contributed by atoms with Crippen molar-refractivity contribution in [1.29, 1.82) is 0 Å². The van der Waals surface area contributed by atoms with Crippen LogP contribution in [0.4, 0.5) is 0 Å². The van der Waals surface area contributed by atoms with Crippen molar-refractivity contribution in [1.82, 2.24) is 0 Å². The predicted molar refractivity (Wildman–Crippen MR) is 148 cm³/mol. The van der Waals surface area contributed by atoms with Crippen LogP contribution in [0.1, 0.15) is 22.3 Å². The van der Waals surface area contributed by atoms with E-state index in [1.807, 2.05) is 24.3 Å². The Morgan fingerprint density at radius 1 is 0.486 bits per heavy atom. The van der Waals surface area contributed by atoms with Crippen LogP contribution in [0.2, 0.25) is 5.67 Å². The van der Waals surface area contributed by atoms with Crippen molar-refractivity contribution in [3.63, 3.8) is 0 Å². The van der Waals surface area contributed by atoms with E-state index >= 15 is 0 Å². The van der Waals surface area contributed by atoms with E-state index in [1.54, 1.807) is 0 Å². The lowest BCUT2D eigenvalue weighted by atomic mass is 10.2. The second kappa shape index (κ2) is 11.0. The summed E-state index contributed by atoms with van der Waals surface area (Å²) >= 11 is 0. The first-order valence-electron chi connectivity index (χ1n) is 12.2. The third-order valence-corrected chi connectivity index (χ3v) is 20.9. The maximum atomic E-state index is 13.5. The van der Waals surface area contributed by atoms with E-state index in [-0.39, 0.29) is 0 Å². The third kappa shape index (κ3) is 6.37. The van der Waals surface area contributed by atoms with Crippen LogP contribution in [-0.4, -0.2) is 16.6 Å². The average Bonchev–Trinajstić information content (AvgIpc) is 2.86. The number of rotatable bonds is 8. The topological polar surface area (TPSA) is 35.5 Å². The van der Waals surface area contributed by atoms with E-state index in [0.29, 0.717) is 0 Å². The maximum Gasteiger partial charge on any atom is 0.299 e. The SMILES string of the molecule is O=[PH]1O[Si](Cc2ccccc2)(Cc2ccccc2)C[Si](Cc2ccccc2)(Cc2ccccc2)O1. The zero-order chi connectivity index (χ0) is 24.0. The van der Waals surface area contributed by atoms with Gasteiger partial charge in [-0.15, -0.1) is 0 Å². The van der Waals surface area contributed by atoms with Gasteiger partial charge in [0.25, 0.3) is 8.25 Å². The molecule has 1 heterocycles. The highest BCUT2D eigenvalue weighted by Crippen LogP contribution is 2.48. The van der Waals surface area contributed by atoms with Crippen LogP contribution in [0.25, 0.3) is 0 Å². The van der Waals surface area contributed by atoms with E-state index in [0.717, 1.165) is 29.8 Å². The zero-order valence-electron chi connectivity index (χ0n) is 19.8. The van der Waals surface area contributed by atoms with Crippen molar-refractivity contribution in [3.8, 4) is 0 Å². The third-order valence-electron chi connectivity index (χ3n) is 6.72. The van der Waals surface area contributed by atoms with Crippen LogP contribution < -0.4 is 0 Å². The number of benzene rings is 4. The molecule has 4 aromatic rings. The summed E-state index contributed by atoms with van der Waals surface area (Å²) in [7, 11) is -7.61. The van der Waals surface area contributed by atoms with E-state index < -0.39 is 24.9 Å². The van der Waals surface area contributed by atoms with Crippen molar-refractivity contribution >= 4 is 24.9 Å². The molecule has 4 aromatic carbocycles. The summed E-state index contributed by atoms with van der Waals surface area (Å²) in [6, 6.07) is 45.7. The highest BCUT2D eigenvalue weighted by atomic mass is 31.1. The van der Waals surface area contributed by atoms with Crippen molar-refractivity contribution in [2.24, 2.45) is 0 Å². The van der Waals surface area contributed by atoms with Gasteiger partial charge in [0.05, 0.1) is 0 Å². The van der Waals surface area contributed by atoms with E-state index in [1.165, 1.54) is 22.3 Å².